The number of nitrogens with one attached hydrogen (secondary N) is 2. The van der Waals surface area contributed by atoms with E-state index in [0.29, 0.717) is 0 Å². The van der Waals surface area contributed by atoms with Gasteiger partial charge in [-0.1, -0.05) is 0 Å². The largest absolute Gasteiger partial charge is 0.467 e. The molecule has 2 aromatic rings. The highest BCUT2D eigenvalue weighted by Gasteiger charge is 2.58. The van der Waals surface area contributed by atoms with Crippen molar-refractivity contribution >= 4 is 23.0 Å². The Morgan fingerprint density at radius 2 is 2.04 bits per heavy atom. The molecule has 0 radical (unpaired) electrons. The molecule has 4 N–H and O–H groups in total. The van der Waals surface area contributed by atoms with Gasteiger partial charge in [-0.05, 0) is 6.92 Å². The van der Waals surface area contributed by atoms with E-state index in [2.05, 4.69) is 45.2 Å². The topological polar surface area (TPSA) is 217 Å². The zero-order chi connectivity index (χ0) is 16.9. The lowest BCUT2D eigenvalue weighted by atomic mass is 10.2. The zero-order valence-electron chi connectivity index (χ0n) is 11.7. The fourth-order valence-electron chi connectivity index (χ4n) is 1.59. The summed E-state index contributed by atoms with van der Waals surface area (Å²) in [7, 11) is 0. The van der Waals surface area contributed by atoms with Crippen molar-refractivity contribution in [3.63, 3.8) is 0 Å². The highest BCUT2D eigenvalue weighted by molar-refractivity contribution is 5.83. The number of aromatic nitrogens is 5. The van der Waals surface area contributed by atoms with E-state index in [-0.39, 0.29) is 23.6 Å². The third-order valence-electron chi connectivity index (χ3n) is 2.55. The Hall–Kier alpha value is -3.76. The van der Waals surface area contributed by atoms with E-state index in [0.717, 1.165) is 0 Å². The first kappa shape index (κ1) is 15.6. The molecule has 0 aliphatic rings. The molecule has 116 valence electrons. The maximum atomic E-state index is 12.2. The first-order chi connectivity index (χ1) is 11.1. The molecule has 0 fully saturated rings. The lowest BCUT2D eigenvalue weighted by Gasteiger charge is -2.09. The summed E-state index contributed by atoms with van der Waals surface area (Å²) in [5, 5.41) is 14.1. The fourth-order valence-corrected chi connectivity index (χ4v) is 1.59. The van der Waals surface area contributed by atoms with E-state index in [9.17, 15) is 4.79 Å². The average Bonchev–Trinajstić information content (AvgIpc) is 2.55. The molecule has 0 aliphatic carbocycles. The van der Waals surface area contributed by atoms with Crippen LogP contribution in [0.15, 0.2) is 16.6 Å². The summed E-state index contributed by atoms with van der Waals surface area (Å²) in [4.78, 5) is 29.3. The van der Waals surface area contributed by atoms with Crippen molar-refractivity contribution < 1.29 is 9.53 Å². The van der Waals surface area contributed by atoms with Gasteiger partial charge in [-0.2, -0.15) is 0 Å². The Morgan fingerprint density at radius 3 is 2.65 bits per heavy atom. The SMILES string of the molecule is CCOC(=O)C(N=[N+]=N)(N=[N+]=N)c1nnc2ncnc(N)c2n1. The summed E-state index contributed by atoms with van der Waals surface area (Å²) >= 11 is 0. The molecule has 2 aromatic heterocycles. The number of anilines is 1. The first-order valence-corrected chi connectivity index (χ1v) is 6.05. The fraction of sp³-hybridized carbons (Fsp3) is 0.333. The molecule has 14 nitrogen and oxygen atoms in total. The van der Waals surface area contributed by atoms with Gasteiger partial charge in [0, 0.05) is 0 Å². The van der Waals surface area contributed by atoms with Crippen molar-refractivity contribution in [2.24, 2.45) is 10.2 Å². The van der Waals surface area contributed by atoms with Crippen LogP contribution in [0.25, 0.3) is 11.2 Å². The monoisotopic (exact) mass is 318 g/mol. The molecule has 0 saturated heterocycles. The number of rotatable bonds is 5. The van der Waals surface area contributed by atoms with Crippen molar-refractivity contribution in [2.75, 3.05) is 12.3 Å². The van der Waals surface area contributed by atoms with Gasteiger partial charge < -0.3 is 10.5 Å². The second-order valence-electron chi connectivity index (χ2n) is 3.86. The standard InChI is InChI=1S/C9H10N12O2/c1-2-23-8(22)9(18-20-11,19-21-12)7-15-4-5(10)13-3-14-6(4)16-17-7/h3,11-12H,2H2,1H3,(H2,10,13,14,16)/q+2. The molecule has 0 spiro atoms. The molecule has 0 bridgehead atoms. The van der Waals surface area contributed by atoms with E-state index in [1.54, 1.807) is 6.92 Å². The Bertz CT molecular complexity index is 835. The number of hydrogen-bond donors (Lipinski definition) is 3. The van der Waals surface area contributed by atoms with Crippen LogP contribution in [-0.4, -0.2) is 37.7 Å². The van der Waals surface area contributed by atoms with Gasteiger partial charge in [-0.3, -0.25) is 0 Å². The van der Waals surface area contributed by atoms with Crippen LogP contribution < -0.4 is 15.6 Å². The maximum absolute atomic E-state index is 12.2. The third kappa shape index (κ3) is 2.70. The quantitative estimate of drug-likeness (QED) is 0.359. The van der Waals surface area contributed by atoms with Crippen LogP contribution in [0.3, 0.4) is 0 Å². The molecule has 0 unspecified atom stereocenters. The van der Waals surface area contributed by atoms with E-state index in [1.165, 1.54) is 6.33 Å². The summed E-state index contributed by atoms with van der Waals surface area (Å²) in [6, 6.07) is 0. The molecular weight excluding hydrogens is 308 g/mol. The van der Waals surface area contributed by atoms with Gasteiger partial charge in [0.1, 0.15) is 17.4 Å². The van der Waals surface area contributed by atoms with E-state index in [4.69, 9.17) is 21.5 Å². The van der Waals surface area contributed by atoms with Gasteiger partial charge in [0.15, 0.2) is 21.6 Å². The normalized spacial score (nSPS) is 12.6. The second-order valence-corrected chi connectivity index (χ2v) is 3.86. The summed E-state index contributed by atoms with van der Waals surface area (Å²) in [6.07, 6.45) is 1.17. The van der Waals surface area contributed by atoms with Gasteiger partial charge in [0.05, 0.1) is 6.61 Å². The number of esters is 1. The van der Waals surface area contributed by atoms with Crippen molar-refractivity contribution in [1.82, 2.24) is 35.0 Å². The maximum Gasteiger partial charge on any atom is 0.467 e. The van der Waals surface area contributed by atoms with Crippen LogP contribution in [0.4, 0.5) is 5.82 Å². The lowest BCUT2D eigenvalue weighted by molar-refractivity contribution is -0.150. The summed E-state index contributed by atoms with van der Waals surface area (Å²) in [6.45, 7) is 1.53. The molecular formula is C9H10N12O2+2. The van der Waals surface area contributed by atoms with Crippen LogP contribution in [0.1, 0.15) is 12.7 Å². The Morgan fingerprint density at radius 1 is 1.35 bits per heavy atom. The van der Waals surface area contributed by atoms with Crippen LogP contribution in [0, 0.1) is 11.1 Å². The predicted molar refractivity (Wildman–Crippen MR) is 70.2 cm³/mol. The number of carbonyl (C=O) groups excluding carboxylic acids is 1. The molecule has 23 heavy (non-hydrogen) atoms. The van der Waals surface area contributed by atoms with E-state index < -0.39 is 17.5 Å². The second kappa shape index (κ2) is 6.34. The molecule has 2 heterocycles. The van der Waals surface area contributed by atoms with Crippen LogP contribution >= 0.6 is 0 Å². The van der Waals surface area contributed by atoms with Gasteiger partial charge in [-0.15, -0.1) is 10.2 Å². The Labute approximate surface area is 127 Å². The number of ether oxygens (including phenoxy) is 1. The number of fused-ring (bicyclic) bond motifs is 1. The van der Waals surface area contributed by atoms with Gasteiger partial charge in [0.2, 0.25) is 21.3 Å². The number of hydrogen-bond acceptors (Lipinski definition) is 12. The summed E-state index contributed by atoms with van der Waals surface area (Å²) in [5.74, 6) is -1.53. The summed E-state index contributed by atoms with van der Waals surface area (Å²) in [5.41, 5.74) is 17.2. The number of nitrogens with two attached hydrogens (primary N) is 1. The Balaban J connectivity index is 2.77. The minimum absolute atomic E-state index is 0.0190. The highest BCUT2D eigenvalue weighted by Crippen LogP contribution is 2.26. The first-order valence-electron chi connectivity index (χ1n) is 6.05. The van der Waals surface area contributed by atoms with E-state index in [1.807, 2.05) is 0 Å². The molecule has 0 atom stereocenters. The highest BCUT2D eigenvalue weighted by atomic mass is 16.5. The minimum Gasteiger partial charge on any atom is -0.462 e. The predicted octanol–water partition coefficient (Wildman–Crippen LogP) is -0.786. The zero-order valence-corrected chi connectivity index (χ0v) is 11.7. The molecule has 2 rings (SSSR count). The van der Waals surface area contributed by atoms with Crippen LogP contribution in [0.5, 0.6) is 0 Å². The third-order valence-corrected chi connectivity index (χ3v) is 2.55. The van der Waals surface area contributed by atoms with Crippen molar-refractivity contribution in [1.29, 1.82) is 11.1 Å². The lowest BCUT2D eigenvalue weighted by Crippen LogP contribution is -2.36. The van der Waals surface area contributed by atoms with Crippen LogP contribution in [0.2, 0.25) is 0 Å². The molecule has 14 heteroatoms. The van der Waals surface area contributed by atoms with Crippen LogP contribution in [-0.2, 0) is 15.2 Å². The minimum atomic E-state index is -2.37. The number of nitrogen functional groups attached to an aromatic ring is 1. The smallest absolute Gasteiger partial charge is 0.462 e. The molecule has 0 aromatic carbocycles. The van der Waals surface area contributed by atoms with E-state index >= 15 is 0 Å². The van der Waals surface area contributed by atoms with Gasteiger partial charge in [-0.25, -0.2) is 19.7 Å². The average molecular weight is 318 g/mol. The van der Waals surface area contributed by atoms with Crippen molar-refractivity contribution in [3.8, 4) is 0 Å². The number of nitrogens with zero attached hydrogens (tertiary/aromatic N) is 9. The molecule has 0 amide bonds. The van der Waals surface area contributed by atoms with Gasteiger partial charge in [0.25, 0.3) is 0 Å². The van der Waals surface area contributed by atoms with Gasteiger partial charge >= 0.3 is 11.6 Å². The van der Waals surface area contributed by atoms with Crippen molar-refractivity contribution in [3.05, 3.63) is 12.2 Å². The van der Waals surface area contributed by atoms with Crippen molar-refractivity contribution in [2.45, 2.75) is 12.6 Å². The number of carbonyl (C=O) groups is 1. The Kier molecular flexibility index (Phi) is 4.31. The molecule has 0 aliphatic heterocycles. The molecule has 0 saturated carbocycles. The summed E-state index contributed by atoms with van der Waals surface area (Å²) < 4.78 is 4.83.